The first-order valence-electron chi connectivity index (χ1n) is 4.18. The third kappa shape index (κ3) is 3.61. The number of aliphatic hydroxyl groups excluding tert-OH is 1. The van der Waals surface area contributed by atoms with E-state index >= 15 is 0 Å². The Kier molecular flexibility index (Phi) is 3.99. The molecule has 0 aliphatic heterocycles. The van der Waals surface area contributed by atoms with Crippen LogP contribution in [0.25, 0.3) is 0 Å². The van der Waals surface area contributed by atoms with Crippen LogP contribution in [0.4, 0.5) is 5.69 Å². The molecule has 1 rings (SSSR count). The molecule has 1 atom stereocenters. The van der Waals surface area contributed by atoms with Gasteiger partial charge in [-0.05, 0) is 18.1 Å². The molecule has 0 fully saturated rings. The topological polar surface area (TPSA) is 45.1 Å². The molecule has 1 heterocycles. The van der Waals surface area contributed by atoms with E-state index in [0.29, 0.717) is 5.15 Å². The van der Waals surface area contributed by atoms with Crippen LogP contribution in [0.15, 0.2) is 18.3 Å². The van der Waals surface area contributed by atoms with Crippen LogP contribution in [0.3, 0.4) is 0 Å². The van der Waals surface area contributed by atoms with E-state index in [1.807, 2.05) is 13.0 Å². The van der Waals surface area contributed by atoms with Gasteiger partial charge in [-0.15, -0.1) is 0 Å². The molecule has 4 heteroatoms. The number of aliphatic hydroxyl groups is 1. The zero-order valence-corrected chi connectivity index (χ0v) is 8.25. The van der Waals surface area contributed by atoms with Crippen LogP contribution < -0.4 is 5.32 Å². The Bertz CT molecular complexity index is 268. The third-order valence-electron chi connectivity index (χ3n) is 1.69. The summed E-state index contributed by atoms with van der Waals surface area (Å²) in [5.41, 5.74) is 0.931. The minimum absolute atomic E-state index is 0.186. The van der Waals surface area contributed by atoms with Crippen molar-refractivity contribution in [2.24, 2.45) is 5.92 Å². The van der Waals surface area contributed by atoms with Crippen LogP contribution in [0, 0.1) is 5.92 Å². The second-order valence-electron chi connectivity index (χ2n) is 3.04. The molecule has 0 aromatic carbocycles. The van der Waals surface area contributed by atoms with Crippen molar-refractivity contribution in [3.8, 4) is 0 Å². The van der Waals surface area contributed by atoms with Crippen molar-refractivity contribution < 1.29 is 5.11 Å². The number of hydrogen-bond acceptors (Lipinski definition) is 3. The first-order chi connectivity index (χ1) is 6.22. The summed E-state index contributed by atoms with van der Waals surface area (Å²) in [6.07, 6.45) is 1.65. The molecule has 0 aliphatic rings. The average Bonchev–Trinajstić information content (AvgIpc) is 2.14. The Morgan fingerprint density at radius 1 is 1.69 bits per heavy atom. The SMILES string of the molecule is CC(CO)CNc1ccnc(Cl)c1. The quantitative estimate of drug-likeness (QED) is 0.729. The van der Waals surface area contributed by atoms with Crippen molar-refractivity contribution in [2.45, 2.75) is 6.92 Å². The van der Waals surface area contributed by atoms with Crippen molar-refractivity contribution in [1.29, 1.82) is 0 Å². The van der Waals surface area contributed by atoms with Crippen molar-refractivity contribution in [3.05, 3.63) is 23.5 Å². The Morgan fingerprint density at radius 2 is 2.46 bits per heavy atom. The lowest BCUT2D eigenvalue weighted by molar-refractivity contribution is 0.244. The van der Waals surface area contributed by atoms with Crippen molar-refractivity contribution in [1.82, 2.24) is 4.98 Å². The Hall–Kier alpha value is -0.800. The van der Waals surface area contributed by atoms with Crippen molar-refractivity contribution >= 4 is 17.3 Å². The van der Waals surface area contributed by atoms with E-state index in [4.69, 9.17) is 16.7 Å². The summed E-state index contributed by atoms with van der Waals surface area (Å²) in [6, 6.07) is 3.60. The summed E-state index contributed by atoms with van der Waals surface area (Å²) < 4.78 is 0. The predicted octanol–water partition coefficient (Wildman–Crippen LogP) is 1.78. The maximum Gasteiger partial charge on any atom is 0.131 e. The minimum Gasteiger partial charge on any atom is -0.396 e. The molecule has 1 unspecified atom stereocenters. The number of aromatic nitrogens is 1. The lowest BCUT2D eigenvalue weighted by Crippen LogP contribution is -2.14. The molecule has 0 bridgehead atoms. The molecule has 0 saturated heterocycles. The molecule has 1 aromatic heterocycles. The molecule has 2 N–H and O–H groups in total. The van der Waals surface area contributed by atoms with Crippen LogP contribution in [0.5, 0.6) is 0 Å². The Labute approximate surface area is 82.8 Å². The molecule has 0 spiro atoms. The molecule has 0 amide bonds. The second-order valence-corrected chi connectivity index (χ2v) is 3.42. The monoisotopic (exact) mass is 200 g/mol. The molecule has 1 aromatic rings. The van der Waals surface area contributed by atoms with Crippen molar-refractivity contribution in [2.75, 3.05) is 18.5 Å². The van der Waals surface area contributed by atoms with Gasteiger partial charge in [-0.25, -0.2) is 4.98 Å². The van der Waals surface area contributed by atoms with Crippen LogP contribution in [0.1, 0.15) is 6.92 Å². The molecule has 3 nitrogen and oxygen atoms in total. The number of pyridine rings is 1. The fourth-order valence-corrected chi connectivity index (χ4v) is 1.04. The largest absolute Gasteiger partial charge is 0.396 e. The maximum atomic E-state index is 8.79. The van der Waals surface area contributed by atoms with E-state index in [1.165, 1.54) is 0 Å². The summed E-state index contributed by atoms with van der Waals surface area (Å²) in [5, 5.41) is 12.4. The van der Waals surface area contributed by atoms with Gasteiger partial charge in [0.2, 0.25) is 0 Å². The highest BCUT2D eigenvalue weighted by Gasteiger charge is 1.99. The molecule has 13 heavy (non-hydrogen) atoms. The van der Waals surface area contributed by atoms with Gasteiger partial charge < -0.3 is 10.4 Å². The number of rotatable bonds is 4. The minimum atomic E-state index is 0.186. The summed E-state index contributed by atoms with van der Waals surface area (Å²) >= 11 is 5.69. The lowest BCUT2D eigenvalue weighted by atomic mass is 10.2. The van der Waals surface area contributed by atoms with Crippen LogP contribution in [0.2, 0.25) is 5.15 Å². The summed E-state index contributed by atoms with van der Waals surface area (Å²) in [7, 11) is 0. The highest BCUT2D eigenvalue weighted by atomic mass is 35.5. The van der Waals surface area contributed by atoms with E-state index in [1.54, 1.807) is 12.3 Å². The fourth-order valence-electron chi connectivity index (χ4n) is 0.869. The van der Waals surface area contributed by atoms with Gasteiger partial charge in [0, 0.05) is 25.0 Å². The molecular weight excluding hydrogens is 188 g/mol. The second kappa shape index (κ2) is 5.04. The van der Waals surface area contributed by atoms with Gasteiger partial charge in [0.1, 0.15) is 5.15 Å². The van der Waals surface area contributed by atoms with E-state index in [-0.39, 0.29) is 12.5 Å². The predicted molar refractivity (Wildman–Crippen MR) is 54.0 cm³/mol. The van der Waals surface area contributed by atoms with Gasteiger partial charge in [0.05, 0.1) is 0 Å². The molecule has 0 saturated carbocycles. The normalized spacial score (nSPS) is 12.5. The molecule has 0 radical (unpaired) electrons. The molecule has 72 valence electrons. The zero-order chi connectivity index (χ0) is 9.68. The van der Waals surface area contributed by atoms with Gasteiger partial charge in [-0.1, -0.05) is 18.5 Å². The summed E-state index contributed by atoms with van der Waals surface area (Å²) in [5.74, 6) is 0.243. The summed E-state index contributed by atoms with van der Waals surface area (Å²) in [4.78, 5) is 3.86. The average molecular weight is 201 g/mol. The number of nitrogens with one attached hydrogen (secondary N) is 1. The highest BCUT2D eigenvalue weighted by molar-refractivity contribution is 6.29. The van der Waals surface area contributed by atoms with E-state index < -0.39 is 0 Å². The van der Waals surface area contributed by atoms with Crippen LogP contribution in [-0.2, 0) is 0 Å². The highest BCUT2D eigenvalue weighted by Crippen LogP contribution is 2.12. The Morgan fingerprint density at radius 3 is 3.08 bits per heavy atom. The number of nitrogens with zero attached hydrogens (tertiary/aromatic N) is 1. The smallest absolute Gasteiger partial charge is 0.131 e. The zero-order valence-electron chi connectivity index (χ0n) is 7.50. The van der Waals surface area contributed by atoms with Crippen LogP contribution >= 0.6 is 11.6 Å². The number of hydrogen-bond donors (Lipinski definition) is 2. The molecular formula is C9H13ClN2O. The van der Waals surface area contributed by atoms with E-state index in [9.17, 15) is 0 Å². The van der Waals surface area contributed by atoms with Crippen LogP contribution in [-0.4, -0.2) is 23.2 Å². The molecule has 0 aliphatic carbocycles. The Balaban J connectivity index is 2.45. The standard InChI is InChI=1S/C9H13ClN2O/c1-7(6-13)5-12-8-2-3-11-9(10)4-8/h2-4,7,13H,5-6H2,1H3,(H,11,12). The van der Waals surface area contributed by atoms with Crippen molar-refractivity contribution in [3.63, 3.8) is 0 Å². The third-order valence-corrected chi connectivity index (χ3v) is 1.90. The lowest BCUT2D eigenvalue weighted by Gasteiger charge is -2.10. The van der Waals surface area contributed by atoms with E-state index in [0.717, 1.165) is 12.2 Å². The number of anilines is 1. The van der Waals surface area contributed by atoms with Gasteiger partial charge in [0.25, 0.3) is 0 Å². The van der Waals surface area contributed by atoms with Gasteiger partial charge in [-0.2, -0.15) is 0 Å². The fraction of sp³-hybridized carbons (Fsp3) is 0.444. The first-order valence-corrected chi connectivity index (χ1v) is 4.56. The summed E-state index contributed by atoms with van der Waals surface area (Å²) in [6.45, 7) is 2.89. The van der Waals surface area contributed by atoms with Gasteiger partial charge in [-0.3, -0.25) is 0 Å². The maximum absolute atomic E-state index is 8.79. The van der Waals surface area contributed by atoms with Gasteiger partial charge >= 0.3 is 0 Å². The van der Waals surface area contributed by atoms with E-state index in [2.05, 4.69) is 10.3 Å². The number of halogens is 1. The first kappa shape index (κ1) is 10.3. The van der Waals surface area contributed by atoms with Gasteiger partial charge in [0.15, 0.2) is 0 Å².